The van der Waals surface area contributed by atoms with E-state index in [0.717, 1.165) is 4.43 Å². The molecule has 0 spiro atoms. The molecule has 0 aliphatic rings. The second-order valence-electron chi connectivity index (χ2n) is 2.50. The van der Waals surface area contributed by atoms with Gasteiger partial charge >= 0.3 is 11.9 Å². The molecule has 1 atom stereocenters. The fourth-order valence-electron chi connectivity index (χ4n) is 0.760. The lowest BCUT2D eigenvalue weighted by Crippen LogP contribution is -2.23. The number of halogens is 2. The molecule has 0 aromatic heterocycles. The van der Waals surface area contributed by atoms with Gasteiger partial charge in [-0.15, -0.1) is 0 Å². The molecular weight excluding hydrogens is 414 g/mol. The number of hydrogen-bond acceptors (Lipinski definition) is 4. The van der Waals surface area contributed by atoms with Crippen LogP contribution in [0.1, 0.15) is 13.3 Å². The van der Waals surface area contributed by atoms with Crippen LogP contribution in [0, 0.1) is 0 Å². The minimum Gasteiger partial charge on any atom is -0.465 e. The van der Waals surface area contributed by atoms with Crippen molar-refractivity contribution >= 4 is 57.1 Å². The second kappa shape index (κ2) is 8.69. The summed E-state index contributed by atoms with van der Waals surface area (Å²) in [4.78, 5) is 21.8. The van der Waals surface area contributed by atoms with Gasteiger partial charge in [-0.2, -0.15) is 0 Å². The summed E-state index contributed by atoms with van der Waals surface area (Å²) in [6, 6.07) is 0. The van der Waals surface area contributed by atoms with Gasteiger partial charge in [0.2, 0.25) is 0 Å². The molecule has 6 heteroatoms. The van der Waals surface area contributed by atoms with Gasteiger partial charge in [-0.05, 0) is 0 Å². The van der Waals surface area contributed by atoms with Gasteiger partial charge in [-0.25, -0.2) is 0 Å². The van der Waals surface area contributed by atoms with Crippen LogP contribution in [0.15, 0.2) is 0 Å². The van der Waals surface area contributed by atoms with E-state index in [1.54, 1.807) is 0 Å². The Hall–Kier alpha value is 0.400. The van der Waals surface area contributed by atoms with E-state index in [-0.39, 0.29) is 24.5 Å². The first-order chi connectivity index (χ1) is 6.60. The lowest BCUT2D eigenvalue weighted by atomic mass is 10.3. The van der Waals surface area contributed by atoms with Gasteiger partial charge in [-0.3, -0.25) is 9.59 Å². The normalized spacial score (nSPS) is 11.9. The van der Waals surface area contributed by atoms with E-state index in [1.165, 1.54) is 6.92 Å². The Balaban J connectivity index is 3.80. The minimum absolute atomic E-state index is 0.138. The van der Waals surface area contributed by atoms with Crippen LogP contribution in [-0.4, -0.2) is 33.5 Å². The van der Waals surface area contributed by atoms with Gasteiger partial charge in [0.05, 0.1) is 6.42 Å². The zero-order valence-corrected chi connectivity index (χ0v) is 12.1. The zero-order chi connectivity index (χ0) is 11.0. The van der Waals surface area contributed by atoms with E-state index < -0.39 is 0 Å². The number of alkyl halides is 2. The summed E-state index contributed by atoms with van der Waals surface area (Å²) in [6.45, 7) is 1.74. The highest BCUT2D eigenvalue weighted by atomic mass is 127. The average Bonchev–Trinajstić information content (AvgIpc) is 2.12. The molecule has 82 valence electrons. The molecule has 0 heterocycles. The van der Waals surface area contributed by atoms with Crippen molar-refractivity contribution in [2.45, 2.75) is 19.4 Å². The first-order valence-corrected chi connectivity index (χ1v) is 7.10. The quantitative estimate of drug-likeness (QED) is 0.369. The average molecular weight is 426 g/mol. The second-order valence-corrected chi connectivity index (χ2v) is 4.46. The van der Waals surface area contributed by atoms with Crippen LogP contribution in [0.5, 0.6) is 0 Å². The largest absolute Gasteiger partial charge is 0.465 e. The third-order valence-electron chi connectivity index (χ3n) is 1.24. The number of ether oxygens (including phenoxy) is 2. The highest BCUT2D eigenvalue weighted by Gasteiger charge is 2.16. The minimum atomic E-state index is -0.367. The Kier molecular flexibility index (Phi) is 8.94. The molecule has 0 bridgehead atoms. The van der Waals surface area contributed by atoms with Gasteiger partial charge in [-0.1, -0.05) is 45.2 Å². The van der Waals surface area contributed by atoms with Crippen molar-refractivity contribution in [2.75, 3.05) is 15.5 Å². The molecule has 0 radical (unpaired) electrons. The SMILES string of the molecule is CC(=O)OC(CI)CC(=O)OCCI. The van der Waals surface area contributed by atoms with Crippen LogP contribution in [0.25, 0.3) is 0 Å². The Labute approximate surface area is 110 Å². The highest BCUT2D eigenvalue weighted by Crippen LogP contribution is 2.05. The Morgan fingerprint density at radius 2 is 2.00 bits per heavy atom. The van der Waals surface area contributed by atoms with Gasteiger partial charge < -0.3 is 9.47 Å². The monoisotopic (exact) mass is 426 g/mol. The summed E-state index contributed by atoms with van der Waals surface area (Å²) in [6.07, 6.45) is -0.228. The van der Waals surface area contributed by atoms with Gasteiger partial charge in [0.15, 0.2) is 0 Å². The standard InChI is InChI=1S/C8H12I2O4/c1-6(11)14-7(5-10)4-8(12)13-3-2-9/h7H,2-5H2,1H3. The maximum Gasteiger partial charge on any atom is 0.309 e. The summed E-state index contributed by atoms with van der Waals surface area (Å²) in [7, 11) is 0. The molecule has 0 N–H and O–H groups in total. The van der Waals surface area contributed by atoms with E-state index in [2.05, 4.69) is 45.2 Å². The van der Waals surface area contributed by atoms with Crippen molar-refractivity contribution in [2.24, 2.45) is 0 Å². The smallest absolute Gasteiger partial charge is 0.309 e. The third-order valence-corrected chi connectivity index (χ3v) is 2.66. The lowest BCUT2D eigenvalue weighted by Gasteiger charge is -2.13. The molecule has 0 aliphatic carbocycles. The van der Waals surface area contributed by atoms with Crippen LogP contribution >= 0.6 is 45.2 Å². The van der Waals surface area contributed by atoms with Crippen molar-refractivity contribution < 1.29 is 19.1 Å². The maximum atomic E-state index is 11.1. The maximum absolute atomic E-state index is 11.1. The number of hydrogen-bond donors (Lipinski definition) is 0. The van der Waals surface area contributed by atoms with Crippen LogP contribution in [-0.2, 0) is 19.1 Å². The molecule has 0 rings (SSSR count). The van der Waals surface area contributed by atoms with Crippen molar-refractivity contribution in [3.8, 4) is 0 Å². The van der Waals surface area contributed by atoms with Crippen molar-refractivity contribution in [1.82, 2.24) is 0 Å². The molecule has 0 fully saturated rings. The highest BCUT2D eigenvalue weighted by molar-refractivity contribution is 14.1. The molecule has 1 unspecified atom stereocenters. The number of carbonyl (C=O) groups excluding carboxylic acids is 2. The van der Waals surface area contributed by atoms with Crippen LogP contribution in [0.3, 0.4) is 0 Å². The Morgan fingerprint density at radius 1 is 1.36 bits per heavy atom. The fourth-order valence-corrected chi connectivity index (χ4v) is 1.47. The zero-order valence-electron chi connectivity index (χ0n) is 7.79. The van der Waals surface area contributed by atoms with E-state index in [1.807, 2.05) is 0 Å². The molecule has 0 aliphatic heterocycles. The van der Waals surface area contributed by atoms with E-state index in [9.17, 15) is 9.59 Å². The molecule has 0 amide bonds. The molecule has 0 saturated carbocycles. The van der Waals surface area contributed by atoms with Crippen LogP contribution < -0.4 is 0 Å². The molecule has 0 aromatic rings. The van der Waals surface area contributed by atoms with Crippen molar-refractivity contribution in [1.29, 1.82) is 0 Å². The predicted octanol–water partition coefficient (Wildman–Crippen LogP) is 1.72. The van der Waals surface area contributed by atoms with E-state index in [0.29, 0.717) is 11.0 Å². The first-order valence-electron chi connectivity index (χ1n) is 4.05. The number of carbonyl (C=O) groups is 2. The summed E-state index contributed by atoms with van der Waals surface area (Å²) < 4.78 is 11.1. The molecule has 0 aromatic carbocycles. The topological polar surface area (TPSA) is 52.6 Å². The predicted molar refractivity (Wildman–Crippen MR) is 68.9 cm³/mol. The fraction of sp³-hybridized carbons (Fsp3) is 0.750. The third kappa shape index (κ3) is 7.77. The van der Waals surface area contributed by atoms with Gasteiger partial charge in [0, 0.05) is 15.8 Å². The lowest BCUT2D eigenvalue weighted by molar-refractivity contribution is -0.151. The molecular formula is C8H12I2O4. The van der Waals surface area contributed by atoms with Gasteiger partial charge in [0.1, 0.15) is 12.7 Å². The molecule has 4 nitrogen and oxygen atoms in total. The van der Waals surface area contributed by atoms with E-state index >= 15 is 0 Å². The Morgan fingerprint density at radius 3 is 2.43 bits per heavy atom. The first kappa shape index (κ1) is 14.4. The van der Waals surface area contributed by atoms with Gasteiger partial charge in [0.25, 0.3) is 0 Å². The van der Waals surface area contributed by atoms with Crippen LogP contribution in [0.2, 0.25) is 0 Å². The van der Waals surface area contributed by atoms with E-state index in [4.69, 9.17) is 9.47 Å². The van der Waals surface area contributed by atoms with Crippen LogP contribution in [0.4, 0.5) is 0 Å². The Bertz CT molecular complexity index is 196. The molecule has 0 saturated heterocycles. The summed E-state index contributed by atoms with van der Waals surface area (Å²) in [5.41, 5.74) is 0. The summed E-state index contributed by atoms with van der Waals surface area (Å²) in [5, 5.41) is 0. The van der Waals surface area contributed by atoms with Crippen molar-refractivity contribution in [3.63, 3.8) is 0 Å². The molecule has 14 heavy (non-hydrogen) atoms. The summed E-state index contributed by atoms with van der Waals surface area (Å²) in [5.74, 6) is -0.682. The number of rotatable bonds is 6. The van der Waals surface area contributed by atoms with Crippen molar-refractivity contribution in [3.05, 3.63) is 0 Å². The number of esters is 2. The summed E-state index contributed by atoms with van der Waals surface area (Å²) >= 11 is 4.19.